The monoisotopic (exact) mass is 356 g/mol. The Kier molecular flexibility index (Phi) is 5.49. The van der Waals surface area contributed by atoms with E-state index in [2.05, 4.69) is 28.9 Å². The molecular weight excluding hydrogens is 324 g/mol. The molecule has 26 heavy (non-hydrogen) atoms. The van der Waals surface area contributed by atoms with Crippen molar-refractivity contribution < 1.29 is 9.53 Å². The minimum Gasteiger partial charge on any atom is -0.490 e. The molecule has 3 aliphatic heterocycles. The molecule has 0 saturated carbocycles. The maximum atomic E-state index is 13.0. The van der Waals surface area contributed by atoms with Crippen molar-refractivity contribution in [2.24, 2.45) is 0 Å². The number of likely N-dealkylation sites (tertiary alicyclic amines) is 2. The van der Waals surface area contributed by atoms with Crippen LogP contribution in [0.25, 0.3) is 0 Å². The molecule has 0 radical (unpaired) electrons. The fourth-order valence-electron chi connectivity index (χ4n) is 4.83. The van der Waals surface area contributed by atoms with Crippen LogP contribution in [0.2, 0.25) is 0 Å². The third kappa shape index (κ3) is 4.06. The quantitative estimate of drug-likeness (QED) is 0.810. The predicted octanol–water partition coefficient (Wildman–Crippen LogP) is 3.42. The van der Waals surface area contributed by atoms with Crippen molar-refractivity contribution in [3.8, 4) is 5.75 Å². The Morgan fingerprint density at radius 1 is 1.15 bits per heavy atom. The summed E-state index contributed by atoms with van der Waals surface area (Å²) in [6.07, 6.45) is 9.16. The van der Waals surface area contributed by atoms with E-state index in [-0.39, 0.29) is 6.10 Å². The summed E-state index contributed by atoms with van der Waals surface area (Å²) in [5.74, 6) is 1.30. The number of rotatable bonds is 5. The summed E-state index contributed by atoms with van der Waals surface area (Å²) in [4.78, 5) is 17.8. The van der Waals surface area contributed by atoms with E-state index in [1.165, 1.54) is 44.3 Å². The van der Waals surface area contributed by atoms with E-state index in [0.717, 1.165) is 43.7 Å². The van der Waals surface area contributed by atoms with E-state index in [1.807, 2.05) is 6.07 Å². The van der Waals surface area contributed by atoms with E-state index in [4.69, 9.17) is 4.74 Å². The van der Waals surface area contributed by atoms with Crippen molar-refractivity contribution in [1.82, 2.24) is 9.80 Å². The molecule has 0 unspecified atom stereocenters. The molecule has 1 aromatic rings. The molecule has 1 aromatic carbocycles. The average molecular weight is 357 g/mol. The van der Waals surface area contributed by atoms with E-state index in [1.54, 1.807) is 0 Å². The van der Waals surface area contributed by atoms with Gasteiger partial charge in [0.05, 0.1) is 6.42 Å². The SMILES string of the molecule is C[C@@H]1Cc2cc(CC(=O)N3CCCC[C@H]3CCN3CCCC3)ccc2O1. The molecule has 142 valence electrons. The van der Waals surface area contributed by atoms with Gasteiger partial charge in [-0.3, -0.25) is 4.79 Å². The predicted molar refractivity (Wildman–Crippen MR) is 104 cm³/mol. The van der Waals surface area contributed by atoms with E-state index < -0.39 is 0 Å². The third-order valence-corrected chi connectivity index (χ3v) is 6.24. The van der Waals surface area contributed by atoms with Gasteiger partial charge in [0.2, 0.25) is 5.91 Å². The van der Waals surface area contributed by atoms with Gasteiger partial charge in [0.1, 0.15) is 11.9 Å². The first kappa shape index (κ1) is 17.8. The zero-order valence-electron chi connectivity index (χ0n) is 16.1. The summed E-state index contributed by atoms with van der Waals surface area (Å²) < 4.78 is 5.78. The smallest absolute Gasteiger partial charge is 0.227 e. The van der Waals surface area contributed by atoms with Crippen LogP contribution in [0.15, 0.2) is 18.2 Å². The Bertz CT molecular complexity index is 639. The summed E-state index contributed by atoms with van der Waals surface area (Å²) >= 11 is 0. The normalized spacial score (nSPS) is 26.0. The molecule has 0 spiro atoms. The van der Waals surface area contributed by atoms with Crippen LogP contribution in [0.1, 0.15) is 56.6 Å². The van der Waals surface area contributed by atoms with E-state index in [0.29, 0.717) is 18.4 Å². The second-order valence-corrected chi connectivity index (χ2v) is 8.33. The fraction of sp³-hybridized carbons (Fsp3) is 0.682. The van der Waals surface area contributed by atoms with Crippen molar-refractivity contribution in [1.29, 1.82) is 0 Å². The number of carbonyl (C=O) groups excluding carboxylic acids is 1. The van der Waals surface area contributed by atoms with Crippen LogP contribution in [0, 0.1) is 0 Å². The number of hydrogen-bond acceptors (Lipinski definition) is 3. The largest absolute Gasteiger partial charge is 0.490 e. The summed E-state index contributed by atoms with van der Waals surface area (Å²) in [5.41, 5.74) is 2.39. The summed E-state index contributed by atoms with van der Waals surface area (Å²) in [6, 6.07) is 6.73. The van der Waals surface area contributed by atoms with Gasteiger partial charge in [-0.25, -0.2) is 0 Å². The van der Waals surface area contributed by atoms with Gasteiger partial charge in [-0.05, 0) is 75.7 Å². The molecule has 4 rings (SSSR count). The molecule has 3 aliphatic rings. The number of nitrogens with zero attached hydrogens (tertiary/aromatic N) is 2. The Morgan fingerprint density at radius 3 is 2.81 bits per heavy atom. The molecule has 0 N–H and O–H groups in total. The molecule has 3 heterocycles. The summed E-state index contributed by atoms with van der Waals surface area (Å²) in [7, 11) is 0. The summed E-state index contributed by atoms with van der Waals surface area (Å²) in [6.45, 7) is 6.69. The second-order valence-electron chi connectivity index (χ2n) is 8.33. The number of benzene rings is 1. The highest BCUT2D eigenvalue weighted by Crippen LogP contribution is 2.30. The van der Waals surface area contributed by atoms with E-state index in [9.17, 15) is 4.79 Å². The Labute approximate surface area is 157 Å². The van der Waals surface area contributed by atoms with Crippen LogP contribution in [0.4, 0.5) is 0 Å². The maximum absolute atomic E-state index is 13.0. The van der Waals surface area contributed by atoms with Gasteiger partial charge in [0.25, 0.3) is 0 Å². The van der Waals surface area contributed by atoms with Crippen molar-refractivity contribution in [3.05, 3.63) is 29.3 Å². The molecule has 2 atom stereocenters. The third-order valence-electron chi connectivity index (χ3n) is 6.24. The maximum Gasteiger partial charge on any atom is 0.227 e. The average Bonchev–Trinajstić information content (AvgIpc) is 3.28. The first-order chi connectivity index (χ1) is 12.7. The van der Waals surface area contributed by atoms with Crippen LogP contribution < -0.4 is 4.74 Å². The van der Waals surface area contributed by atoms with Crippen LogP contribution in [0.3, 0.4) is 0 Å². The molecule has 0 aliphatic carbocycles. The molecular formula is C22H32N2O2. The number of fused-ring (bicyclic) bond motifs is 1. The van der Waals surface area contributed by atoms with Gasteiger partial charge in [-0.2, -0.15) is 0 Å². The first-order valence-electron chi connectivity index (χ1n) is 10.5. The fourth-order valence-corrected chi connectivity index (χ4v) is 4.83. The number of carbonyl (C=O) groups is 1. The highest BCUT2D eigenvalue weighted by atomic mass is 16.5. The number of ether oxygens (including phenoxy) is 1. The highest BCUT2D eigenvalue weighted by Gasteiger charge is 2.28. The Hall–Kier alpha value is -1.55. The van der Waals surface area contributed by atoms with Crippen LogP contribution in [-0.4, -0.2) is 54.0 Å². The summed E-state index contributed by atoms with van der Waals surface area (Å²) in [5, 5.41) is 0. The molecule has 2 saturated heterocycles. The van der Waals surface area contributed by atoms with Crippen molar-refractivity contribution in [2.45, 2.75) is 70.4 Å². The van der Waals surface area contributed by atoms with Crippen molar-refractivity contribution in [3.63, 3.8) is 0 Å². The number of hydrogen-bond donors (Lipinski definition) is 0. The zero-order valence-corrected chi connectivity index (χ0v) is 16.1. The van der Waals surface area contributed by atoms with Crippen LogP contribution in [0.5, 0.6) is 5.75 Å². The Morgan fingerprint density at radius 2 is 1.96 bits per heavy atom. The lowest BCUT2D eigenvalue weighted by atomic mass is 9.97. The lowest BCUT2D eigenvalue weighted by Gasteiger charge is -2.37. The molecule has 0 aromatic heterocycles. The first-order valence-corrected chi connectivity index (χ1v) is 10.5. The molecule has 4 heteroatoms. The minimum absolute atomic E-state index is 0.257. The molecule has 0 bridgehead atoms. The molecule has 1 amide bonds. The van der Waals surface area contributed by atoms with E-state index >= 15 is 0 Å². The van der Waals surface area contributed by atoms with Gasteiger partial charge < -0.3 is 14.5 Å². The number of piperidine rings is 1. The second kappa shape index (κ2) is 7.99. The van der Waals surface area contributed by atoms with Gasteiger partial charge in [0, 0.05) is 25.6 Å². The van der Waals surface area contributed by atoms with Gasteiger partial charge in [0.15, 0.2) is 0 Å². The number of amides is 1. The van der Waals surface area contributed by atoms with Gasteiger partial charge in [-0.1, -0.05) is 12.1 Å². The van der Waals surface area contributed by atoms with Crippen molar-refractivity contribution in [2.75, 3.05) is 26.2 Å². The van der Waals surface area contributed by atoms with Crippen LogP contribution in [-0.2, 0) is 17.6 Å². The van der Waals surface area contributed by atoms with Crippen LogP contribution >= 0.6 is 0 Å². The molecule has 4 nitrogen and oxygen atoms in total. The topological polar surface area (TPSA) is 32.8 Å². The molecule has 2 fully saturated rings. The zero-order chi connectivity index (χ0) is 17.9. The Balaban J connectivity index is 1.36. The van der Waals surface area contributed by atoms with Gasteiger partial charge >= 0.3 is 0 Å². The minimum atomic E-state index is 0.257. The van der Waals surface area contributed by atoms with Gasteiger partial charge in [-0.15, -0.1) is 0 Å². The standard InChI is InChI=1S/C22H32N2O2/c1-17-14-19-15-18(7-8-21(19)26-17)16-22(25)24-12-3-2-6-20(24)9-13-23-10-4-5-11-23/h7-8,15,17,20H,2-6,9-14,16H2,1H3/t17-,20+/m1/s1. The lowest BCUT2D eigenvalue weighted by molar-refractivity contribution is -0.134. The van der Waals surface area contributed by atoms with Crippen molar-refractivity contribution >= 4 is 5.91 Å². The lowest BCUT2D eigenvalue weighted by Crippen LogP contribution is -2.45. The highest BCUT2D eigenvalue weighted by molar-refractivity contribution is 5.79.